The van der Waals surface area contributed by atoms with E-state index in [1.807, 2.05) is 32.0 Å². The zero-order valence-corrected chi connectivity index (χ0v) is 13.7. The number of carboxylic acid groups (broad SMARTS) is 1. The summed E-state index contributed by atoms with van der Waals surface area (Å²) in [7, 11) is 1.54. The van der Waals surface area contributed by atoms with Crippen LogP contribution in [-0.2, 0) is 14.4 Å². The minimum absolute atomic E-state index is 0.113. The Morgan fingerprint density at radius 3 is 2.43 bits per heavy atom. The number of amides is 2. The van der Waals surface area contributed by atoms with E-state index in [2.05, 4.69) is 0 Å². The first kappa shape index (κ1) is 17.0. The van der Waals surface area contributed by atoms with Gasteiger partial charge < -0.3 is 14.9 Å². The molecule has 0 aliphatic carbocycles. The summed E-state index contributed by atoms with van der Waals surface area (Å²) in [4.78, 5) is 38.5. The predicted molar refractivity (Wildman–Crippen MR) is 86.3 cm³/mol. The predicted octanol–water partition coefficient (Wildman–Crippen LogP) is 1.59. The number of nitrogens with zero attached hydrogens (tertiary/aromatic N) is 2. The Morgan fingerprint density at radius 2 is 1.87 bits per heavy atom. The molecule has 6 heteroatoms. The number of carboxylic acids is 1. The number of carbonyl (C=O) groups excluding carboxylic acids is 2. The SMILES string of the molecule is Cc1cc(C)cc(N2CC[C@H](C(=O)N(C)CCC(=O)O)C2=O)c1. The zero-order valence-electron chi connectivity index (χ0n) is 13.7. The molecule has 0 bridgehead atoms. The molecule has 2 amide bonds. The van der Waals surface area contributed by atoms with Crippen LogP contribution in [0.4, 0.5) is 5.69 Å². The summed E-state index contributed by atoms with van der Waals surface area (Å²) in [6.45, 7) is 4.56. The van der Waals surface area contributed by atoms with E-state index < -0.39 is 11.9 Å². The summed E-state index contributed by atoms with van der Waals surface area (Å²) in [5.74, 6) is -2.18. The maximum Gasteiger partial charge on any atom is 0.305 e. The Bertz CT molecular complexity index is 621. The lowest BCUT2D eigenvalue weighted by atomic mass is 10.1. The van der Waals surface area contributed by atoms with Gasteiger partial charge >= 0.3 is 5.97 Å². The molecule has 6 nitrogen and oxygen atoms in total. The topological polar surface area (TPSA) is 77.9 Å². The number of hydrogen-bond donors (Lipinski definition) is 1. The second-order valence-electron chi connectivity index (χ2n) is 6.08. The zero-order chi connectivity index (χ0) is 17.1. The van der Waals surface area contributed by atoms with Crippen molar-refractivity contribution in [1.82, 2.24) is 4.90 Å². The van der Waals surface area contributed by atoms with Crippen LogP contribution in [-0.4, -0.2) is 47.9 Å². The van der Waals surface area contributed by atoms with E-state index in [0.29, 0.717) is 13.0 Å². The van der Waals surface area contributed by atoms with E-state index in [-0.39, 0.29) is 24.8 Å². The van der Waals surface area contributed by atoms with Crippen LogP contribution in [0, 0.1) is 19.8 Å². The van der Waals surface area contributed by atoms with Crippen molar-refractivity contribution >= 4 is 23.5 Å². The molecule has 1 heterocycles. The minimum Gasteiger partial charge on any atom is -0.481 e. The summed E-state index contributed by atoms with van der Waals surface area (Å²) in [5.41, 5.74) is 2.96. The lowest BCUT2D eigenvalue weighted by molar-refractivity contribution is -0.140. The van der Waals surface area contributed by atoms with Crippen LogP contribution in [0.5, 0.6) is 0 Å². The highest BCUT2D eigenvalue weighted by Gasteiger charge is 2.39. The average molecular weight is 318 g/mol. The number of hydrogen-bond acceptors (Lipinski definition) is 3. The third-order valence-corrected chi connectivity index (χ3v) is 4.06. The molecule has 1 aliphatic heterocycles. The van der Waals surface area contributed by atoms with Crippen LogP contribution in [0.25, 0.3) is 0 Å². The van der Waals surface area contributed by atoms with Gasteiger partial charge in [0.05, 0.1) is 6.42 Å². The monoisotopic (exact) mass is 318 g/mol. The second-order valence-corrected chi connectivity index (χ2v) is 6.08. The van der Waals surface area contributed by atoms with Gasteiger partial charge in [0.25, 0.3) is 0 Å². The van der Waals surface area contributed by atoms with Gasteiger partial charge in [-0.25, -0.2) is 0 Å². The molecule has 0 radical (unpaired) electrons. The molecule has 0 aromatic heterocycles. The molecule has 1 N–H and O–H groups in total. The fourth-order valence-electron chi connectivity index (χ4n) is 2.91. The van der Waals surface area contributed by atoms with Gasteiger partial charge in [0.15, 0.2) is 0 Å². The summed E-state index contributed by atoms with van der Waals surface area (Å²) in [6, 6.07) is 5.91. The van der Waals surface area contributed by atoms with Gasteiger partial charge in [0, 0.05) is 25.8 Å². The Hall–Kier alpha value is -2.37. The van der Waals surface area contributed by atoms with Gasteiger partial charge in [0.2, 0.25) is 11.8 Å². The average Bonchev–Trinajstić information content (AvgIpc) is 2.84. The first-order valence-electron chi connectivity index (χ1n) is 7.66. The smallest absolute Gasteiger partial charge is 0.305 e. The lowest BCUT2D eigenvalue weighted by Gasteiger charge is -2.21. The molecule has 1 aliphatic rings. The first-order chi connectivity index (χ1) is 10.8. The third-order valence-electron chi connectivity index (χ3n) is 4.06. The lowest BCUT2D eigenvalue weighted by Crippen LogP contribution is -2.39. The molecule has 1 saturated heterocycles. The molecule has 0 unspecified atom stereocenters. The van der Waals surface area contributed by atoms with Crippen LogP contribution in [0.15, 0.2) is 18.2 Å². The van der Waals surface area contributed by atoms with Gasteiger partial charge in [-0.1, -0.05) is 6.07 Å². The van der Waals surface area contributed by atoms with E-state index >= 15 is 0 Å². The number of rotatable bonds is 5. The van der Waals surface area contributed by atoms with Gasteiger partial charge in [-0.3, -0.25) is 14.4 Å². The standard InChI is InChI=1S/C17H22N2O4/c1-11-8-12(2)10-13(9-11)19-7-4-14(17(19)23)16(22)18(3)6-5-15(20)21/h8-10,14H,4-7H2,1-3H3,(H,20,21)/t14-/m1/s1. The summed E-state index contributed by atoms with van der Waals surface area (Å²) in [5, 5.41) is 8.69. The molecule has 1 fully saturated rings. The van der Waals surface area contributed by atoms with Crippen molar-refractivity contribution in [3.05, 3.63) is 29.3 Å². The van der Waals surface area contributed by atoms with Crippen molar-refractivity contribution in [3.63, 3.8) is 0 Å². The molecule has 1 atom stereocenters. The van der Waals surface area contributed by atoms with Gasteiger partial charge in [-0.15, -0.1) is 0 Å². The van der Waals surface area contributed by atoms with Crippen molar-refractivity contribution in [1.29, 1.82) is 0 Å². The largest absolute Gasteiger partial charge is 0.481 e. The van der Waals surface area contributed by atoms with Gasteiger partial charge in [0.1, 0.15) is 5.92 Å². The first-order valence-corrected chi connectivity index (χ1v) is 7.66. The second kappa shape index (κ2) is 6.81. The Labute approximate surface area is 135 Å². The normalized spacial score (nSPS) is 17.4. The van der Waals surface area contributed by atoms with E-state index in [1.165, 1.54) is 11.9 Å². The highest BCUT2D eigenvalue weighted by molar-refractivity contribution is 6.09. The van der Waals surface area contributed by atoms with Crippen LogP contribution in [0.3, 0.4) is 0 Å². The van der Waals surface area contributed by atoms with E-state index in [0.717, 1.165) is 16.8 Å². The number of aliphatic carboxylic acids is 1. The molecule has 0 spiro atoms. The quantitative estimate of drug-likeness (QED) is 0.836. The minimum atomic E-state index is -0.959. The molecule has 23 heavy (non-hydrogen) atoms. The molecular formula is C17H22N2O4. The number of carbonyl (C=O) groups is 3. The van der Waals surface area contributed by atoms with Crippen molar-refractivity contribution in [3.8, 4) is 0 Å². The number of benzene rings is 1. The summed E-state index contributed by atoms with van der Waals surface area (Å²) < 4.78 is 0. The molecule has 124 valence electrons. The van der Waals surface area contributed by atoms with E-state index in [1.54, 1.807) is 4.90 Å². The maximum absolute atomic E-state index is 12.6. The maximum atomic E-state index is 12.6. The van der Waals surface area contributed by atoms with Crippen LogP contribution < -0.4 is 4.90 Å². The van der Waals surface area contributed by atoms with Crippen LogP contribution >= 0.6 is 0 Å². The Kier molecular flexibility index (Phi) is 5.03. The fourth-order valence-corrected chi connectivity index (χ4v) is 2.91. The molecule has 1 aromatic carbocycles. The van der Waals surface area contributed by atoms with E-state index in [9.17, 15) is 14.4 Å². The number of anilines is 1. The molecule has 1 aromatic rings. The van der Waals surface area contributed by atoms with Crippen molar-refractivity contribution in [2.24, 2.45) is 5.92 Å². The third kappa shape index (κ3) is 3.88. The van der Waals surface area contributed by atoms with Gasteiger partial charge in [-0.2, -0.15) is 0 Å². The highest BCUT2D eigenvalue weighted by atomic mass is 16.4. The molecular weight excluding hydrogens is 296 g/mol. The highest BCUT2D eigenvalue weighted by Crippen LogP contribution is 2.28. The molecule has 0 saturated carbocycles. The summed E-state index contributed by atoms with van der Waals surface area (Å²) in [6.07, 6.45) is 0.339. The Morgan fingerprint density at radius 1 is 1.26 bits per heavy atom. The van der Waals surface area contributed by atoms with Crippen molar-refractivity contribution in [2.75, 3.05) is 25.0 Å². The fraction of sp³-hybridized carbons (Fsp3) is 0.471. The number of aryl methyl sites for hydroxylation is 2. The van der Waals surface area contributed by atoms with Crippen molar-refractivity contribution in [2.45, 2.75) is 26.7 Å². The Balaban J connectivity index is 2.09. The van der Waals surface area contributed by atoms with Crippen LogP contribution in [0.1, 0.15) is 24.0 Å². The molecule has 2 rings (SSSR count). The van der Waals surface area contributed by atoms with E-state index in [4.69, 9.17) is 5.11 Å². The van der Waals surface area contributed by atoms with Crippen LogP contribution in [0.2, 0.25) is 0 Å². The van der Waals surface area contributed by atoms with Crippen molar-refractivity contribution < 1.29 is 19.5 Å². The summed E-state index contributed by atoms with van der Waals surface area (Å²) >= 11 is 0. The van der Waals surface area contributed by atoms with Gasteiger partial charge in [-0.05, 0) is 43.5 Å².